The average Bonchev–Trinajstić information content (AvgIpc) is 2.77. The van der Waals surface area contributed by atoms with Crippen molar-refractivity contribution in [3.8, 4) is 5.75 Å². The molecule has 2 aliphatic heterocycles. The molecule has 7 heteroatoms. The smallest absolute Gasteiger partial charge is 0.250 e. The van der Waals surface area contributed by atoms with E-state index in [4.69, 9.17) is 4.74 Å². The minimum absolute atomic E-state index is 0.0678. The van der Waals surface area contributed by atoms with Crippen LogP contribution in [-0.2, 0) is 4.79 Å². The molecule has 0 atom stereocenters. The molecule has 0 radical (unpaired) electrons. The van der Waals surface area contributed by atoms with E-state index in [-0.39, 0.29) is 11.7 Å². The van der Waals surface area contributed by atoms with Crippen LogP contribution in [0.2, 0.25) is 0 Å². The number of nitrogens with zero attached hydrogens (tertiary/aromatic N) is 2. The fourth-order valence-corrected chi connectivity index (χ4v) is 4.16. The lowest BCUT2D eigenvalue weighted by molar-refractivity contribution is -0.117. The maximum atomic E-state index is 13.1. The van der Waals surface area contributed by atoms with Gasteiger partial charge >= 0.3 is 0 Å². The molecule has 2 aromatic carbocycles. The van der Waals surface area contributed by atoms with Gasteiger partial charge in [-0.1, -0.05) is 15.9 Å². The number of nitrogens with one attached hydrogen (secondary N) is 1. The molecule has 0 saturated carbocycles. The highest BCUT2D eigenvalue weighted by Gasteiger charge is 2.19. The Bertz CT molecular complexity index is 925. The molecule has 4 rings (SSSR count). The zero-order valence-electron chi connectivity index (χ0n) is 16.7. The molecule has 2 aliphatic rings. The van der Waals surface area contributed by atoms with Crippen LogP contribution in [0.4, 0.5) is 10.1 Å². The van der Waals surface area contributed by atoms with Crippen molar-refractivity contribution in [3.05, 3.63) is 63.9 Å². The van der Waals surface area contributed by atoms with Crippen molar-refractivity contribution in [1.82, 2.24) is 10.2 Å². The number of carbonyl (C=O) groups is 1. The molecule has 2 heterocycles. The second-order valence-electron chi connectivity index (χ2n) is 7.55. The van der Waals surface area contributed by atoms with Crippen LogP contribution in [0.15, 0.2) is 52.5 Å². The van der Waals surface area contributed by atoms with Gasteiger partial charge in [-0.2, -0.15) is 0 Å². The van der Waals surface area contributed by atoms with Crippen LogP contribution in [-0.4, -0.2) is 56.7 Å². The van der Waals surface area contributed by atoms with Crippen molar-refractivity contribution in [2.24, 2.45) is 0 Å². The van der Waals surface area contributed by atoms with Crippen molar-refractivity contribution >= 4 is 33.6 Å². The summed E-state index contributed by atoms with van der Waals surface area (Å²) in [6, 6.07) is 12.5. The molecule has 1 amide bonds. The number of hydrogen-bond acceptors (Lipinski definition) is 4. The Labute approximate surface area is 184 Å². The van der Waals surface area contributed by atoms with E-state index >= 15 is 0 Å². The SMILES string of the molecule is O=C(NCCCN1CCN(c2ccc(F)cc2)CC1)C1=Cc2cc(Br)ccc2OC1. The van der Waals surface area contributed by atoms with E-state index in [0.29, 0.717) is 18.7 Å². The normalized spacial score (nSPS) is 16.5. The van der Waals surface area contributed by atoms with E-state index in [9.17, 15) is 9.18 Å². The van der Waals surface area contributed by atoms with Gasteiger partial charge in [-0.15, -0.1) is 0 Å². The fraction of sp³-hybridized carbons (Fsp3) is 0.348. The lowest BCUT2D eigenvalue weighted by atomic mass is 10.1. The van der Waals surface area contributed by atoms with E-state index < -0.39 is 0 Å². The van der Waals surface area contributed by atoms with Crippen LogP contribution in [0.3, 0.4) is 0 Å². The van der Waals surface area contributed by atoms with Gasteiger partial charge in [0.1, 0.15) is 18.2 Å². The highest BCUT2D eigenvalue weighted by molar-refractivity contribution is 9.10. The number of rotatable bonds is 6. The predicted molar refractivity (Wildman–Crippen MR) is 120 cm³/mol. The van der Waals surface area contributed by atoms with Gasteiger partial charge in [0.05, 0.1) is 5.57 Å². The van der Waals surface area contributed by atoms with Gasteiger partial charge in [0, 0.05) is 48.4 Å². The Kier molecular flexibility index (Phi) is 6.69. The first-order valence-corrected chi connectivity index (χ1v) is 11.0. The Morgan fingerprint density at radius 1 is 1.10 bits per heavy atom. The van der Waals surface area contributed by atoms with E-state index in [1.807, 2.05) is 36.4 Å². The quantitative estimate of drug-likeness (QED) is 0.649. The number of amides is 1. The van der Waals surface area contributed by atoms with Gasteiger partial charge in [-0.25, -0.2) is 4.39 Å². The standard InChI is InChI=1S/C23H25BrFN3O2/c24-19-2-7-22-17(15-19)14-18(16-30-22)23(29)26-8-1-9-27-10-12-28(13-11-27)21-5-3-20(25)4-6-21/h2-7,14-15H,1,8-13,16H2,(H,26,29). The van der Waals surface area contributed by atoms with E-state index in [0.717, 1.165) is 60.6 Å². The zero-order valence-corrected chi connectivity index (χ0v) is 18.3. The second kappa shape index (κ2) is 9.62. The average molecular weight is 474 g/mol. The number of piperazine rings is 1. The van der Waals surface area contributed by atoms with Crippen LogP contribution in [0.1, 0.15) is 12.0 Å². The summed E-state index contributed by atoms with van der Waals surface area (Å²) in [6.07, 6.45) is 2.80. The molecule has 0 aliphatic carbocycles. The molecule has 0 aromatic heterocycles. The largest absolute Gasteiger partial charge is 0.488 e. The minimum atomic E-state index is -0.202. The lowest BCUT2D eigenvalue weighted by Gasteiger charge is -2.36. The summed E-state index contributed by atoms with van der Waals surface area (Å²) in [5, 5.41) is 3.01. The minimum Gasteiger partial charge on any atom is -0.488 e. The van der Waals surface area contributed by atoms with Crippen LogP contribution in [0.5, 0.6) is 5.75 Å². The summed E-state index contributed by atoms with van der Waals surface area (Å²) in [6.45, 7) is 5.68. The monoisotopic (exact) mass is 473 g/mol. The highest BCUT2D eigenvalue weighted by Crippen LogP contribution is 2.29. The Hall–Kier alpha value is -2.38. The molecule has 158 valence electrons. The molecule has 0 unspecified atom stereocenters. The van der Waals surface area contributed by atoms with Gasteiger partial charge in [0.2, 0.25) is 0 Å². The van der Waals surface area contributed by atoms with Gasteiger partial charge in [0.15, 0.2) is 0 Å². The third-order valence-corrected chi connectivity index (χ3v) is 5.97. The summed E-state index contributed by atoms with van der Waals surface area (Å²) in [5.41, 5.74) is 2.63. The summed E-state index contributed by atoms with van der Waals surface area (Å²) >= 11 is 3.45. The Morgan fingerprint density at radius 3 is 2.63 bits per heavy atom. The lowest BCUT2D eigenvalue weighted by Crippen LogP contribution is -2.47. The molecule has 2 aromatic rings. The number of halogens is 2. The number of anilines is 1. The van der Waals surface area contributed by atoms with Crippen molar-refractivity contribution in [1.29, 1.82) is 0 Å². The van der Waals surface area contributed by atoms with E-state index in [1.165, 1.54) is 12.1 Å². The first-order chi connectivity index (χ1) is 14.6. The van der Waals surface area contributed by atoms with Gasteiger partial charge in [0.25, 0.3) is 5.91 Å². The molecule has 0 spiro atoms. The summed E-state index contributed by atoms with van der Waals surface area (Å²) in [4.78, 5) is 17.1. The molecule has 1 fully saturated rings. The first kappa shape index (κ1) is 20.9. The molecule has 5 nitrogen and oxygen atoms in total. The van der Waals surface area contributed by atoms with Gasteiger partial charge in [-0.3, -0.25) is 9.69 Å². The van der Waals surface area contributed by atoms with Gasteiger partial charge < -0.3 is 15.0 Å². The number of carbonyl (C=O) groups excluding carboxylic acids is 1. The highest BCUT2D eigenvalue weighted by atomic mass is 79.9. The van der Waals surface area contributed by atoms with Crippen molar-refractivity contribution in [2.75, 3.05) is 50.8 Å². The number of fused-ring (bicyclic) bond motifs is 1. The van der Waals surface area contributed by atoms with Crippen molar-refractivity contribution in [3.63, 3.8) is 0 Å². The topological polar surface area (TPSA) is 44.8 Å². The molecule has 0 bridgehead atoms. The summed E-state index contributed by atoms with van der Waals surface area (Å²) in [5.74, 6) is 0.531. The maximum Gasteiger partial charge on any atom is 0.250 e. The Morgan fingerprint density at radius 2 is 1.87 bits per heavy atom. The number of ether oxygens (including phenoxy) is 1. The number of benzene rings is 2. The third-order valence-electron chi connectivity index (χ3n) is 5.48. The van der Waals surface area contributed by atoms with Crippen LogP contribution in [0, 0.1) is 5.82 Å². The Balaban J connectivity index is 1.18. The molecular formula is C23H25BrFN3O2. The summed E-state index contributed by atoms with van der Waals surface area (Å²) in [7, 11) is 0. The van der Waals surface area contributed by atoms with E-state index in [2.05, 4.69) is 31.0 Å². The van der Waals surface area contributed by atoms with E-state index in [1.54, 1.807) is 0 Å². The molecule has 1 N–H and O–H groups in total. The maximum absolute atomic E-state index is 13.1. The van der Waals surface area contributed by atoms with Crippen LogP contribution >= 0.6 is 15.9 Å². The third kappa shape index (κ3) is 5.21. The van der Waals surface area contributed by atoms with Gasteiger partial charge in [-0.05, 0) is 61.5 Å². The second-order valence-corrected chi connectivity index (χ2v) is 8.47. The fourth-order valence-electron chi connectivity index (χ4n) is 3.78. The molecular weight excluding hydrogens is 449 g/mol. The van der Waals surface area contributed by atoms with Crippen LogP contribution in [0.25, 0.3) is 6.08 Å². The molecule has 1 saturated heterocycles. The number of hydrogen-bond donors (Lipinski definition) is 1. The molecule has 30 heavy (non-hydrogen) atoms. The van der Waals surface area contributed by atoms with Crippen molar-refractivity contribution in [2.45, 2.75) is 6.42 Å². The summed E-state index contributed by atoms with van der Waals surface area (Å²) < 4.78 is 19.7. The predicted octanol–water partition coefficient (Wildman–Crippen LogP) is 3.69. The van der Waals surface area contributed by atoms with Crippen molar-refractivity contribution < 1.29 is 13.9 Å². The zero-order chi connectivity index (χ0) is 20.9. The first-order valence-electron chi connectivity index (χ1n) is 10.2. The van der Waals surface area contributed by atoms with Crippen LogP contribution < -0.4 is 15.0 Å².